The van der Waals surface area contributed by atoms with Gasteiger partial charge in [-0.05, 0) is 41.7 Å². The van der Waals surface area contributed by atoms with Crippen LogP contribution in [-0.2, 0) is 5.41 Å². The Morgan fingerprint density at radius 3 is 2.36 bits per heavy atom. The minimum absolute atomic E-state index is 0.0272. The lowest BCUT2D eigenvalue weighted by Gasteiger charge is -2.23. The monoisotopic (exact) mass is 297 g/mol. The van der Waals surface area contributed by atoms with Crippen molar-refractivity contribution in [1.29, 1.82) is 0 Å². The van der Waals surface area contributed by atoms with Gasteiger partial charge in [0.2, 0.25) is 0 Å². The maximum absolute atomic E-state index is 12.2. The van der Waals surface area contributed by atoms with Gasteiger partial charge in [-0.25, -0.2) is 4.79 Å². The van der Waals surface area contributed by atoms with Gasteiger partial charge in [0, 0.05) is 18.1 Å². The van der Waals surface area contributed by atoms with Gasteiger partial charge in [-0.2, -0.15) is 0 Å². The Hall–Kier alpha value is -2.36. The van der Waals surface area contributed by atoms with Crippen LogP contribution in [0.15, 0.2) is 48.8 Å². The molecule has 0 saturated carbocycles. The van der Waals surface area contributed by atoms with E-state index >= 15 is 0 Å². The summed E-state index contributed by atoms with van der Waals surface area (Å²) >= 11 is 0. The van der Waals surface area contributed by atoms with Gasteiger partial charge in [-0.15, -0.1) is 0 Å². The number of urea groups is 1. The molecule has 1 unspecified atom stereocenters. The maximum Gasteiger partial charge on any atom is 0.319 e. The largest absolute Gasteiger partial charge is 0.331 e. The highest BCUT2D eigenvalue weighted by Gasteiger charge is 2.19. The Bertz CT molecular complexity index is 632. The number of hydrogen-bond acceptors (Lipinski definition) is 2. The average Bonchev–Trinajstić information content (AvgIpc) is 2.47. The summed E-state index contributed by atoms with van der Waals surface area (Å²) in [6.45, 7) is 8.34. The molecule has 2 rings (SSSR count). The summed E-state index contributed by atoms with van der Waals surface area (Å²) < 4.78 is 0. The molecule has 0 bridgehead atoms. The van der Waals surface area contributed by atoms with Crippen molar-refractivity contribution in [2.75, 3.05) is 5.32 Å². The third-order valence-electron chi connectivity index (χ3n) is 3.54. The zero-order valence-electron chi connectivity index (χ0n) is 13.6. The van der Waals surface area contributed by atoms with E-state index in [1.807, 2.05) is 43.3 Å². The summed E-state index contributed by atoms with van der Waals surface area (Å²) in [5, 5.41) is 5.90. The molecular weight excluding hydrogens is 274 g/mol. The Labute approximate surface area is 132 Å². The van der Waals surface area contributed by atoms with Crippen molar-refractivity contribution in [3.05, 3.63) is 59.9 Å². The van der Waals surface area contributed by atoms with Gasteiger partial charge in [0.15, 0.2) is 0 Å². The first-order valence-corrected chi connectivity index (χ1v) is 7.45. The number of nitrogens with zero attached hydrogens (tertiary/aromatic N) is 1. The first-order valence-electron chi connectivity index (χ1n) is 7.45. The van der Waals surface area contributed by atoms with E-state index in [1.54, 1.807) is 12.4 Å². The highest BCUT2D eigenvalue weighted by molar-refractivity contribution is 5.90. The molecule has 1 atom stereocenters. The minimum Gasteiger partial charge on any atom is -0.331 e. The van der Waals surface area contributed by atoms with Gasteiger partial charge >= 0.3 is 6.03 Å². The Morgan fingerprint density at radius 1 is 1.09 bits per heavy atom. The number of carbonyl (C=O) groups excluding carboxylic acids is 1. The Kier molecular flexibility index (Phi) is 4.81. The summed E-state index contributed by atoms with van der Waals surface area (Å²) in [5.74, 6) is 0. The Morgan fingerprint density at radius 2 is 1.73 bits per heavy atom. The predicted octanol–water partition coefficient (Wildman–Crippen LogP) is 4.26. The molecule has 0 fully saturated rings. The number of amides is 2. The number of carbonyl (C=O) groups is 1. The van der Waals surface area contributed by atoms with E-state index in [4.69, 9.17) is 0 Å². The molecule has 0 aliphatic heterocycles. The number of aromatic nitrogens is 1. The number of rotatable bonds is 3. The van der Waals surface area contributed by atoms with Crippen LogP contribution in [0.5, 0.6) is 0 Å². The van der Waals surface area contributed by atoms with Crippen LogP contribution >= 0.6 is 0 Å². The molecule has 2 amide bonds. The van der Waals surface area contributed by atoms with Crippen LogP contribution < -0.4 is 10.6 Å². The third kappa shape index (κ3) is 4.07. The summed E-state index contributed by atoms with van der Waals surface area (Å²) in [6.07, 6.45) is 3.45. The standard InChI is InChI=1S/C18H23N3O/c1-13(14-9-11-19-12-10-14)20-17(22)21-16-8-6-5-7-15(16)18(2,3)4/h5-13H,1-4H3,(H2,20,21,22). The lowest BCUT2D eigenvalue weighted by Crippen LogP contribution is -2.32. The van der Waals surface area contributed by atoms with E-state index in [9.17, 15) is 4.79 Å². The number of hydrogen-bond donors (Lipinski definition) is 2. The summed E-state index contributed by atoms with van der Waals surface area (Å²) in [4.78, 5) is 16.2. The summed E-state index contributed by atoms with van der Waals surface area (Å²) in [7, 11) is 0. The molecule has 0 spiro atoms. The van der Waals surface area contributed by atoms with E-state index in [0.29, 0.717) is 0 Å². The van der Waals surface area contributed by atoms with Crippen LogP contribution in [0.3, 0.4) is 0 Å². The zero-order chi connectivity index (χ0) is 16.2. The quantitative estimate of drug-likeness (QED) is 0.889. The van der Waals surface area contributed by atoms with E-state index in [-0.39, 0.29) is 17.5 Å². The highest BCUT2D eigenvalue weighted by atomic mass is 16.2. The van der Waals surface area contributed by atoms with Gasteiger partial charge in [0.1, 0.15) is 0 Å². The van der Waals surface area contributed by atoms with E-state index in [0.717, 1.165) is 16.8 Å². The lowest BCUT2D eigenvalue weighted by molar-refractivity contribution is 0.249. The second-order valence-corrected chi connectivity index (χ2v) is 6.40. The molecular formula is C18H23N3O. The molecule has 2 N–H and O–H groups in total. The number of nitrogens with one attached hydrogen (secondary N) is 2. The van der Waals surface area contributed by atoms with Gasteiger partial charge in [0.05, 0.1) is 6.04 Å². The topological polar surface area (TPSA) is 54.0 Å². The van der Waals surface area contributed by atoms with Crippen LogP contribution in [-0.4, -0.2) is 11.0 Å². The lowest BCUT2D eigenvalue weighted by atomic mass is 9.86. The van der Waals surface area contributed by atoms with Gasteiger partial charge < -0.3 is 10.6 Å². The van der Waals surface area contributed by atoms with Crippen LogP contribution in [0.25, 0.3) is 0 Å². The second kappa shape index (κ2) is 6.60. The van der Waals surface area contributed by atoms with E-state index < -0.39 is 0 Å². The van der Waals surface area contributed by atoms with Crippen molar-refractivity contribution in [2.45, 2.75) is 39.2 Å². The first-order chi connectivity index (χ1) is 10.4. The Balaban J connectivity index is 2.07. The summed E-state index contributed by atoms with van der Waals surface area (Å²) in [6, 6.07) is 11.4. The van der Waals surface area contributed by atoms with Crippen molar-refractivity contribution in [1.82, 2.24) is 10.3 Å². The molecule has 1 heterocycles. The fraction of sp³-hybridized carbons (Fsp3) is 0.333. The number of para-hydroxylation sites is 1. The number of pyridine rings is 1. The molecule has 0 aliphatic carbocycles. The summed E-state index contributed by atoms with van der Waals surface area (Å²) in [5.41, 5.74) is 2.95. The molecule has 0 aliphatic rings. The first kappa shape index (κ1) is 16.0. The molecule has 116 valence electrons. The van der Waals surface area contributed by atoms with Crippen LogP contribution in [0.4, 0.5) is 10.5 Å². The maximum atomic E-state index is 12.2. The SMILES string of the molecule is CC(NC(=O)Nc1ccccc1C(C)(C)C)c1ccncc1. The number of anilines is 1. The second-order valence-electron chi connectivity index (χ2n) is 6.40. The van der Waals surface area contributed by atoms with Crippen LogP contribution in [0.2, 0.25) is 0 Å². The van der Waals surface area contributed by atoms with Crippen molar-refractivity contribution >= 4 is 11.7 Å². The van der Waals surface area contributed by atoms with Crippen LogP contribution in [0, 0.1) is 0 Å². The zero-order valence-corrected chi connectivity index (χ0v) is 13.6. The predicted molar refractivity (Wildman–Crippen MR) is 89.9 cm³/mol. The smallest absolute Gasteiger partial charge is 0.319 e. The van der Waals surface area contributed by atoms with Crippen molar-refractivity contribution in [3.8, 4) is 0 Å². The molecule has 1 aromatic carbocycles. The molecule has 4 heteroatoms. The number of benzene rings is 1. The van der Waals surface area contributed by atoms with Crippen molar-refractivity contribution in [2.24, 2.45) is 0 Å². The molecule has 0 radical (unpaired) electrons. The molecule has 4 nitrogen and oxygen atoms in total. The fourth-order valence-electron chi connectivity index (χ4n) is 2.34. The molecule has 1 aromatic heterocycles. The van der Waals surface area contributed by atoms with E-state index in [1.165, 1.54) is 0 Å². The van der Waals surface area contributed by atoms with Gasteiger partial charge in [-0.3, -0.25) is 4.98 Å². The highest BCUT2D eigenvalue weighted by Crippen LogP contribution is 2.29. The third-order valence-corrected chi connectivity index (χ3v) is 3.54. The van der Waals surface area contributed by atoms with Crippen molar-refractivity contribution < 1.29 is 4.79 Å². The minimum atomic E-state index is -0.207. The average molecular weight is 297 g/mol. The van der Waals surface area contributed by atoms with Crippen LogP contribution in [0.1, 0.15) is 44.9 Å². The molecule has 2 aromatic rings. The van der Waals surface area contributed by atoms with Crippen molar-refractivity contribution in [3.63, 3.8) is 0 Å². The molecule has 22 heavy (non-hydrogen) atoms. The fourth-order valence-corrected chi connectivity index (χ4v) is 2.34. The van der Waals surface area contributed by atoms with Gasteiger partial charge in [0.25, 0.3) is 0 Å². The normalized spacial score (nSPS) is 12.5. The van der Waals surface area contributed by atoms with Gasteiger partial charge in [-0.1, -0.05) is 39.0 Å². The molecule has 0 saturated heterocycles. The van der Waals surface area contributed by atoms with E-state index in [2.05, 4.69) is 36.4 Å².